The maximum atomic E-state index is 13.3. The van der Waals surface area contributed by atoms with Crippen LogP contribution in [0.25, 0.3) is 0 Å². The molecule has 1 aromatic rings. The Morgan fingerprint density at radius 3 is 2.76 bits per heavy atom. The Morgan fingerprint density at radius 2 is 2.19 bits per heavy atom. The molecule has 1 atom stereocenters. The third-order valence-electron chi connectivity index (χ3n) is 4.06. The highest BCUT2D eigenvalue weighted by atomic mass is 19.1. The minimum Gasteiger partial charge on any atom is -0.369 e. The van der Waals surface area contributed by atoms with Gasteiger partial charge in [0.25, 0.3) is 0 Å². The third-order valence-corrected chi connectivity index (χ3v) is 4.06. The molecule has 21 heavy (non-hydrogen) atoms. The molecule has 1 aromatic carbocycles. The second-order valence-corrected chi connectivity index (χ2v) is 5.70. The molecule has 3 N–H and O–H groups in total. The van der Waals surface area contributed by atoms with Crippen molar-refractivity contribution in [3.8, 4) is 0 Å². The van der Waals surface area contributed by atoms with Crippen LogP contribution in [0.2, 0.25) is 0 Å². The summed E-state index contributed by atoms with van der Waals surface area (Å²) < 4.78 is 13.3. The lowest BCUT2D eigenvalue weighted by molar-refractivity contribution is -0.119. The average molecular weight is 293 g/mol. The van der Waals surface area contributed by atoms with Gasteiger partial charge < -0.3 is 11.1 Å². The number of primary amides is 1. The van der Waals surface area contributed by atoms with Gasteiger partial charge in [-0.1, -0.05) is 19.1 Å². The summed E-state index contributed by atoms with van der Waals surface area (Å²) in [6, 6.07) is 7.37. The number of carbonyl (C=O) groups is 1. The molecule has 1 unspecified atom stereocenters. The first kappa shape index (κ1) is 15.9. The van der Waals surface area contributed by atoms with Crippen LogP contribution in [0.4, 0.5) is 4.39 Å². The Bertz CT molecular complexity index is 472. The van der Waals surface area contributed by atoms with Gasteiger partial charge in [0.05, 0.1) is 6.54 Å². The molecule has 0 spiro atoms. The lowest BCUT2D eigenvalue weighted by atomic mass is 9.99. The van der Waals surface area contributed by atoms with E-state index in [-0.39, 0.29) is 17.8 Å². The van der Waals surface area contributed by atoms with Crippen LogP contribution in [-0.2, 0) is 4.79 Å². The van der Waals surface area contributed by atoms with E-state index in [1.54, 1.807) is 12.1 Å². The van der Waals surface area contributed by atoms with Crippen molar-refractivity contribution in [3.63, 3.8) is 0 Å². The van der Waals surface area contributed by atoms with E-state index >= 15 is 0 Å². The topological polar surface area (TPSA) is 58.4 Å². The van der Waals surface area contributed by atoms with Crippen LogP contribution in [-0.4, -0.2) is 36.5 Å². The summed E-state index contributed by atoms with van der Waals surface area (Å²) in [4.78, 5) is 13.0. The molecule has 1 amide bonds. The van der Waals surface area contributed by atoms with Gasteiger partial charge in [-0.2, -0.15) is 0 Å². The molecule has 1 fully saturated rings. The Morgan fingerprint density at radius 1 is 1.48 bits per heavy atom. The predicted molar refractivity (Wildman–Crippen MR) is 81.2 cm³/mol. The molecule has 1 aliphatic rings. The van der Waals surface area contributed by atoms with E-state index < -0.39 is 0 Å². The van der Waals surface area contributed by atoms with E-state index in [0.29, 0.717) is 12.6 Å². The van der Waals surface area contributed by atoms with Crippen molar-refractivity contribution < 1.29 is 9.18 Å². The van der Waals surface area contributed by atoms with Crippen LogP contribution in [0.5, 0.6) is 0 Å². The van der Waals surface area contributed by atoms with Crippen LogP contribution in [0.1, 0.15) is 37.8 Å². The molecule has 0 radical (unpaired) electrons. The van der Waals surface area contributed by atoms with Gasteiger partial charge >= 0.3 is 0 Å². The highest BCUT2D eigenvalue weighted by Crippen LogP contribution is 2.21. The van der Waals surface area contributed by atoms with Gasteiger partial charge in [-0.05, 0) is 37.0 Å². The van der Waals surface area contributed by atoms with E-state index in [4.69, 9.17) is 5.73 Å². The molecule has 2 rings (SSSR count). The molecule has 0 saturated carbocycles. The monoisotopic (exact) mass is 293 g/mol. The van der Waals surface area contributed by atoms with Gasteiger partial charge in [0.1, 0.15) is 5.82 Å². The molecule has 0 bridgehead atoms. The van der Waals surface area contributed by atoms with Crippen molar-refractivity contribution in [3.05, 3.63) is 35.6 Å². The minimum absolute atomic E-state index is 0.174. The highest BCUT2D eigenvalue weighted by molar-refractivity contribution is 5.75. The summed E-state index contributed by atoms with van der Waals surface area (Å²) in [7, 11) is 0. The fourth-order valence-corrected chi connectivity index (χ4v) is 2.94. The van der Waals surface area contributed by atoms with Crippen LogP contribution in [0, 0.1) is 5.82 Å². The largest absolute Gasteiger partial charge is 0.369 e. The van der Waals surface area contributed by atoms with Crippen LogP contribution >= 0.6 is 0 Å². The number of nitrogens with two attached hydrogens (primary N) is 1. The maximum absolute atomic E-state index is 13.3. The smallest absolute Gasteiger partial charge is 0.231 e. The Labute approximate surface area is 125 Å². The van der Waals surface area contributed by atoms with Gasteiger partial charge in [-0.15, -0.1) is 0 Å². The number of piperidine rings is 1. The number of benzene rings is 1. The van der Waals surface area contributed by atoms with Crippen LogP contribution in [0.15, 0.2) is 24.3 Å². The molecule has 4 nitrogen and oxygen atoms in total. The van der Waals surface area contributed by atoms with Gasteiger partial charge in [0.15, 0.2) is 0 Å². The van der Waals surface area contributed by atoms with Crippen molar-refractivity contribution in [1.82, 2.24) is 10.2 Å². The van der Waals surface area contributed by atoms with Gasteiger partial charge in [0.2, 0.25) is 5.91 Å². The number of rotatable bonds is 6. The van der Waals surface area contributed by atoms with E-state index in [1.807, 2.05) is 6.07 Å². The van der Waals surface area contributed by atoms with E-state index in [9.17, 15) is 9.18 Å². The molecule has 1 aliphatic heterocycles. The maximum Gasteiger partial charge on any atom is 0.231 e. The zero-order valence-electron chi connectivity index (χ0n) is 12.5. The molecule has 0 aromatic heterocycles. The second-order valence-electron chi connectivity index (χ2n) is 5.70. The van der Waals surface area contributed by atoms with Crippen LogP contribution < -0.4 is 11.1 Å². The van der Waals surface area contributed by atoms with Crippen molar-refractivity contribution in [2.24, 2.45) is 5.73 Å². The third kappa shape index (κ3) is 4.79. The molecular weight excluding hydrogens is 269 g/mol. The van der Waals surface area contributed by atoms with E-state index in [2.05, 4.69) is 17.1 Å². The van der Waals surface area contributed by atoms with Crippen molar-refractivity contribution >= 4 is 5.91 Å². The highest BCUT2D eigenvalue weighted by Gasteiger charge is 2.22. The Balaban J connectivity index is 1.87. The van der Waals surface area contributed by atoms with E-state index in [0.717, 1.165) is 37.9 Å². The van der Waals surface area contributed by atoms with Crippen molar-refractivity contribution in [2.75, 3.05) is 19.6 Å². The molecular formula is C16H24FN3O. The van der Waals surface area contributed by atoms with Crippen LogP contribution in [0.3, 0.4) is 0 Å². The summed E-state index contributed by atoms with van der Waals surface area (Å²) >= 11 is 0. The number of nitrogens with one attached hydrogen (secondary N) is 1. The number of likely N-dealkylation sites (tertiary alicyclic amines) is 1. The summed E-state index contributed by atoms with van der Waals surface area (Å²) in [5, 5.41) is 3.61. The fourth-order valence-electron chi connectivity index (χ4n) is 2.94. The molecule has 5 heteroatoms. The fraction of sp³-hybridized carbons (Fsp3) is 0.562. The summed E-state index contributed by atoms with van der Waals surface area (Å²) in [6.45, 7) is 4.19. The van der Waals surface area contributed by atoms with Gasteiger partial charge in [0, 0.05) is 25.2 Å². The summed E-state index contributed by atoms with van der Waals surface area (Å²) in [5.41, 5.74) is 6.22. The second kappa shape index (κ2) is 7.52. The zero-order chi connectivity index (χ0) is 15.2. The number of carbonyl (C=O) groups excluding carboxylic acids is 1. The lowest BCUT2D eigenvalue weighted by Crippen LogP contribution is -2.46. The average Bonchev–Trinajstić information content (AvgIpc) is 2.46. The first-order valence-corrected chi connectivity index (χ1v) is 7.60. The number of hydrogen-bond donors (Lipinski definition) is 2. The molecule has 1 heterocycles. The SMILES string of the molecule is CCC(NC1CCN(CC(N)=O)CC1)c1cccc(F)c1. The molecule has 0 aliphatic carbocycles. The standard InChI is InChI=1S/C16H24FN3O/c1-2-15(12-4-3-5-13(17)10-12)19-14-6-8-20(9-7-14)11-16(18)21/h3-5,10,14-15,19H,2,6-9,11H2,1H3,(H2,18,21). The first-order chi connectivity index (χ1) is 10.1. The van der Waals surface area contributed by atoms with Crippen molar-refractivity contribution in [1.29, 1.82) is 0 Å². The number of amides is 1. The van der Waals surface area contributed by atoms with Gasteiger partial charge in [-0.3, -0.25) is 9.69 Å². The number of halogens is 1. The van der Waals surface area contributed by atoms with E-state index in [1.165, 1.54) is 6.07 Å². The Hall–Kier alpha value is -1.46. The summed E-state index contributed by atoms with van der Waals surface area (Å²) in [6.07, 6.45) is 2.89. The normalized spacial score (nSPS) is 18.6. The lowest BCUT2D eigenvalue weighted by Gasteiger charge is -2.34. The Kier molecular flexibility index (Phi) is 5.70. The predicted octanol–water partition coefficient (Wildman–Crippen LogP) is 1.82. The quantitative estimate of drug-likeness (QED) is 0.841. The first-order valence-electron chi connectivity index (χ1n) is 7.60. The zero-order valence-corrected chi connectivity index (χ0v) is 12.5. The minimum atomic E-state index is -0.271. The van der Waals surface area contributed by atoms with Gasteiger partial charge in [-0.25, -0.2) is 4.39 Å². The number of nitrogens with zero attached hydrogens (tertiary/aromatic N) is 1. The molecule has 116 valence electrons. The number of hydrogen-bond acceptors (Lipinski definition) is 3. The molecule has 1 saturated heterocycles. The van der Waals surface area contributed by atoms with Crippen molar-refractivity contribution in [2.45, 2.75) is 38.3 Å². The summed E-state index contributed by atoms with van der Waals surface area (Å²) in [5.74, 6) is -0.461.